The van der Waals surface area contributed by atoms with Crippen molar-refractivity contribution in [2.75, 3.05) is 7.11 Å². The molecular formula is C10H15AgNO3. The van der Waals surface area contributed by atoms with E-state index in [0.29, 0.717) is 0 Å². The van der Waals surface area contributed by atoms with Crippen molar-refractivity contribution in [3.05, 3.63) is 30.6 Å². The van der Waals surface area contributed by atoms with Crippen LogP contribution in [-0.2, 0) is 31.9 Å². The number of aromatic nitrogens is 1. The average molecular weight is 305 g/mol. The van der Waals surface area contributed by atoms with E-state index in [1.54, 1.807) is 12.4 Å². The number of methoxy groups -OCH3 is 1. The minimum atomic E-state index is -1.04. The summed E-state index contributed by atoms with van der Waals surface area (Å²) >= 11 is 0. The van der Waals surface area contributed by atoms with Crippen LogP contribution in [0.4, 0.5) is 0 Å². The molecular weight excluding hydrogens is 290 g/mol. The second-order valence-electron chi connectivity index (χ2n) is 3.04. The minimum Gasteiger partial charge on any atom is -0.479 e. The van der Waals surface area contributed by atoms with Crippen LogP contribution >= 0.6 is 0 Å². The van der Waals surface area contributed by atoms with Gasteiger partial charge in [-0.05, 0) is 26.0 Å². The molecule has 15 heavy (non-hydrogen) atoms. The molecule has 1 N–H and O–H groups in total. The van der Waals surface area contributed by atoms with Crippen LogP contribution in [0.15, 0.2) is 30.6 Å². The molecule has 0 aromatic carbocycles. The van der Waals surface area contributed by atoms with Gasteiger partial charge < -0.3 is 9.84 Å². The van der Waals surface area contributed by atoms with Crippen molar-refractivity contribution in [2.24, 2.45) is 0 Å². The number of pyridine rings is 1. The largest absolute Gasteiger partial charge is 0.479 e. The quantitative estimate of drug-likeness (QED) is 0.843. The Morgan fingerprint density at radius 1 is 1.27 bits per heavy atom. The number of rotatable bonds is 2. The Kier molecular flexibility index (Phi) is 9.61. The number of aliphatic carboxylic acids is 1. The van der Waals surface area contributed by atoms with Gasteiger partial charge in [0.25, 0.3) is 0 Å². The molecule has 0 aliphatic rings. The third-order valence-corrected chi connectivity index (χ3v) is 1.59. The predicted octanol–water partition coefficient (Wildman–Crippen LogP) is 1.58. The van der Waals surface area contributed by atoms with E-state index in [9.17, 15) is 4.79 Å². The average Bonchev–Trinajstić information content (AvgIpc) is 2.21. The van der Waals surface area contributed by atoms with Gasteiger partial charge in [0.2, 0.25) is 0 Å². The summed E-state index contributed by atoms with van der Waals surface area (Å²) in [4.78, 5) is 13.9. The molecule has 1 rings (SSSR count). The minimum absolute atomic E-state index is 0. The van der Waals surface area contributed by atoms with Crippen molar-refractivity contribution < 1.29 is 37.0 Å². The van der Waals surface area contributed by atoms with Crippen molar-refractivity contribution >= 4 is 5.97 Å². The fraction of sp³-hybridized carbons (Fsp3) is 0.400. The van der Waals surface area contributed by atoms with Gasteiger partial charge in [0.05, 0.1) is 0 Å². The maximum absolute atomic E-state index is 10.1. The number of nitrogens with zero attached hydrogens (tertiary/aromatic N) is 1. The van der Waals surface area contributed by atoms with Crippen LogP contribution in [0, 0.1) is 0 Å². The number of hydrogen-bond donors (Lipinski definition) is 1. The van der Waals surface area contributed by atoms with E-state index in [2.05, 4.69) is 9.72 Å². The molecule has 89 valence electrons. The van der Waals surface area contributed by atoms with Gasteiger partial charge in [-0.25, -0.2) is 4.79 Å². The second kappa shape index (κ2) is 8.61. The van der Waals surface area contributed by atoms with Gasteiger partial charge in [-0.1, -0.05) is 6.07 Å². The van der Waals surface area contributed by atoms with E-state index < -0.39 is 11.6 Å². The zero-order valence-electron chi connectivity index (χ0n) is 8.90. The molecule has 4 nitrogen and oxygen atoms in total. The number of ether oxygens (including phenoxy) is 1. The van der Waals surface area contributed by atoms with E-state index in [1.807, 2.05) is 18.2 Å². The first-order valence-corrected chi connectivity index (χ1v) is 4.14. The van der Waals surface area contributed by atoms with Gasteiger partial charge in [0.15, 0.2) is 5.60 Å². The van der Waals surface area contributed by atoms with Crippen LogP contribution in [0.5, 0.6) is 0 Å². The summed E-state index contributed by atoms with van der Waals surface area (Å²) in [6.45, 7) is 2.99. The van der Waals surface area contributed by atoms with Crippen LogP contribution in [0.2, 0.25) is 0 Å². The molecule has 0 unspecified atom stereocenters. The van der Waals surface area contributed by atoms with E-state index in [4.69, 9.17) is 5.11 Å². The summed E-state index contributed by atoms with van der Waals surface area (Å²) in [6.07, 6.45) is 3.50. The van der Waals surface area contributed by atoms with Crippen molar-refractivity contribution in [3.8, 4) is 0 Å². The summed E-state index contributed by atoms with van der Waals surface area (Å²) < 4.78 is 4.60. The number of carbonyl (C=O) groups is 1. The molecule has 0 aliphatic heterocycles. The third-order valence-electron chi connectivity index (χ3n) is 1.59. The molecule has 5 heteroatoms. The maximum atomic E-state index is 10.1. The molecule has 0 fully saturated rings. The number of hydrogen-bond acceptors (Lipinski definition) is 3. The molecule has 0 bridgehead atoms. The second-order valence-corrected chi connectivity index (χ2v) is 3.04. The molecule has 0 spiro atoms. The van der Waals surface area contributed by atoms with E-state index in [-0.39, 0.29) is 22.4 Å². The molecule has 0 atom stereocenters. The first-order valence-electron chi connectivity index (χ1n) is 4.14. The van der Waals surface area contributed by atoms with Gasteiger partial charge >= 0.3 is 5.97 Å². The van der Waals surface area contributed by atoms with E-state index in [1.165, 1.54) is 21.0 Å². The summed E-state index contributed by atoms with van der Waals surface area (Å²) in [5, 5.41) is 8.32. The fourth-order valence-corrected chi connectivity index (χ4v) is 0.400. The standard InChI is InChI=1S/C5H5N.C5H10O3.Ag/c1-2-4-6-5-3-1;1-5(2,8-3)4(6)7;/h1-5H;1-3H3,(H,6,7);. The normalized spacial score (nSPS) is 9.27. The Morgan fingerprint density at radius 2 is 1.73 bits per heavy atom. The maximum Gasteiger partial charge on any atom is 0.335 e. The van der Waals surface area contributed by atoms with Crippen LogP contribution in [0.25, 0.3) is 0 Å². The Hall–Kier alpha value is -0.680. The SMILES string of the molecule is COC(C)(C)C(=O)O.[Ag].c1ccncc1. The van der Waals surface area contributed by atoms with E-state index >= 15 is 0 Å². The van der Waals surface area contributed by atoms with Gasteiger partial charge in [-0.3, -0.25) is 4.98 Å². The number of carboxylic acid groups (broad SMARTS) is 1. The fourth-order valence-electron chi connectivity index (χ4n) is 0.400. The Bertz CT molecular complexity index is 238. The molecule has 0 aliphatic carbocycles. The summed E-state index contributed by atoms with van der Waals surface area (Å²) in [7, 11) is 1.37. The predicted molar refractivity (Wildman–Crippen MR) is 53.0 cm³/mol. The third kappa shape index (κ3) is 8.32. The molecule has 1 radical (unpaired) electrons. The molecule has 0 saturated carbocycles. The van der Waals surface area contributed by atoms with Gasteiger partial charge in [-0.15, -0.1) is 0 Å². The van der Waals surface area contributed by atoms with Crippen molar-refractivity contribution in [1.29, 1.82) is 0 Å². The van der Waals surface area contributed by atoms with Crippen molar-refractivity contribution in [2.45, 2.75) is 19.4 Å². The van der Waals surface area contributed by atoms with Crippen molar-refractivity contribution in [3.63, 3.8) is 0 Å². The van der Waals surface area contributed by atoms with E-state index in [0.717, 1.165) is 0 Å². The van der Waals surface area contributed by atoms with Crippen molar-refractivity contribution in [1.82, 2.24) is 4.98 Å². The smallest absolute Gasteiger partial charge is 0.335 e. The summed E-state index contributed by atoms with van der Waals surface area (Å²) in [5.74, 6) is -0.944. The summed E-state index contributed by atoms with van der Waals surface area (Å²) in [5.41, 5.74) is -1.04. The monoisotopic (exact) mass is 304 g/mol. The Morgan fingerprint density at radius 3 is 1.80 bits per heavy atom. The molecule has 0 amide bonds. The van der Waals surface area contributed by atoms with Crippen LogP contribution in [-0.4, -0.2) is 28.8 Å². The molecule has 1 aromatic rings. The van der Waals surface area contributed by atoms with Crippen LogP contribution < -0.4 is 0 Å². The van der Waals surface area contributed by atoms with Crippen LogP contribution in [0.3, 0.4) is 0 Å². The first kappa shape index (κ1) is 16.7. The van der Waals surface area contributed by atoms with Gasteiger partial charge in [0.1, 0.15) is 0 Å². The first-order chi connectivity index (χ1) is 6.50. The topological polar surface area (TPSA) is 59.4 Å². The Labute approximate surface area is 105 Å². The zero-order valence-corrected chi connectivity index (χ0v) is 10.4. The number of carboxylic acids is 1. The Balaban J connectivity index is 0. The molecule has 0 saturated heterocycles. The van der Waals surface area contributed by atoms with Gasteiger partial charge in [-0.2, -0.15) is 0 Å². The van der Waals surface area contributed by atoms with Crippen LogP contribution in [0.1, 0.15) is 13.8 Å². The summed E-state index contributed by atoms with van der Waals surface area (Å²) in [6, 6.07) is 5.72. The molecule has 1 heterocycles. The zero-order chi connectivity index (χ0) is 11.0. The molecule has 1 aromatic heterocycles. The van der Waals surface area contributed by atoms with Gasteiger partial charge in [0, 0.05) is 41.9 Å².